The molecule has 1 aromatic carbocycles. The topological polar surface area (TPSA) is 94.0 Å². The lowest BCUT2D eigenvalue weighted by Gasteiger charge is -2.31. The van der Waals surface area contributed by atoms with E-state index in [1.807, 2.05) is 19.1 Å². The SMILES string of the molecule is Cc1cc(Oc2ccccc2F)nc(C2CCN(C(=O)c3cccc(-c4cncnc4)n3)CC2)n1. The summed E-state index contributed by atoms with van der Waals surface area (Å²) in [6, 6.07) is 13.3. The van der Waals surface area contributed by atoms with E-state index in [-0.39, 0.29) is 17.6 Å². The normalized spacial score (nSPS) is 14.1. The first kappa shape index (κ1) is 22.5. The van der Waals surface area contributed by atoms with E-state index >= 15 is 0 Å². The Labute approximate surface area is 201 Å². The number of aromatic nitrogens is 5. The van der Waals surface area contributed by atoms with Crippen molar-refractivity contribution in [2.75, 3.05) is 13.1 Å². The van der Waals surface area contributed by atoms with Crippen LogP contribution in [0.15, 0.2) is 67.3 Å². The lowest BCUT2D eigenvalue weighted by atomic mass is 9.95. The molecule has 4 heterocycles. The molecule has 8 nitrogen and oxygen atoms in total. The number of likely N-dealkylation sites (tertiary alicyclic amines) is 1. The van der Waals surface area contributed by atoms with Gasteiger partial charge in [-0.25, -0.2) is 24.3 Å². The van der Waals surface area contributed by atoms with Crippen molar-refractivity contribution in [3.8, 4) is 22.9 Å². The summed E-state index contributed by atoms with van der Waals surface area (Å²) in [5.41, 5.74) is 2.54. The number of rotatable bonds is 5. The molecule has 1 aliphatic rings. The summed E-state index contributed by atoms with van der Waals surface area (Å²) in [5, 5.41) is 0. The molecule has 5 rings (SSSR count). The highest BCUT2D eigenvalue weighted by atomic mass is 19.1. The molecule has 0 atom stereocenters. The van der Waals surface area contributed by atoms with Gasteiger partial charge in [-0.2, -0.15) is 4.98 Å². The minimum atomic E-state index is -0.449. The van der Waals surface area contributed by atoms with Gasteiger partial charge in [0.1, 0.15) is 17.8 Å². The number of pyridine rings is 1. The maximum atomic E-state index is 14.0. The number of para-hydroxylation sites is 1. The Morgan fingerprint density at radius 1 is 1.00 bits per heavy atom. The van der Waals surface area contributed by atoms with Gasteiger partial charge in [-0.15, -0.1) is 0 Å². The van der Waals surface area contributed by atoms with Crippen LogP contribution in [-0.2, 0) is 0 Å². The zero-order chi connectivity index (χ0) is 24.2. The minimum Gasteiger partial charge on any atom is -0.436 e. The molecular formula is C26H23FN6O2. The molecule has 35 heavy (non-hydrogen) atoms. The zero-order valence-electron chi connectivity index (χ0n) is 19.1. The van der Waals surface area contributed by atoms with Crippen molar-refractivity contribution in [2.24, 2.45) is 0 Å². The van der Waals surface area contributed by atoms with Crippen LogP contribution in [-0.4, -0.2) is 48.8 Å². The quantitative estimate of drug-likeness (QED) is 0.421. The predicted octanol–water partition coefficient (Wildman–Crippen LogP) is 4.59. The van der Waals surface area contributed by atoms with Crippen LogP contribution in [0, 0.1) is 12.7 Å². The second-order valence-electron chi connectivity index (χ2n) is 8.34. The van der Waals surface area contributed by atoms with E-state index in [1.54, 1.807) is 47.6 Å². The van der Waals surface area contributed by atoms with E-state index in [9.17, 15) is 9.18 Å². The average molecular weight is 471 g/mol. The molecule has 1 fully saturated rings. The first-order chi connectivity index (χ1) is 17.1. The van der Waals surface area contributed by atoms with Gasteiger partial charge < -0.3 is 9.64 Å². The van der Waals surface area contributed by atoms with Crippen LogP contribution < -0.4 is 4.74 Å². The molecule has 0 N–H and O–H groups in total. The Kier molecular flexibility index (Phi) is 6.38. The third kappa shape index (κ3) is 5.13. The van der Waals surface area contributed by atoms with Crippen LogP contribution in [0.25, 0.3) is 11.3 Å². The van der Waals surface area contributed by atoms with Crippen molar-refractivity contribution < 1.29 is 13.9 Å². The van der Waals surface area contributed by atoms with Gasteiger partial charge in [0.05, 0.1) is 5.69 Å². The van der Waals surface area contributed by atoms with Crippen LogP contribution in [0.5, 0.6) is 11.6 Å². The van der Waals surface area contributed by atoms with Crippen LogP contribution in [0.4, 0.5) is 4.39 Å². The number of carbonyl (C=O) groups excluding carboxylic acids is 1. The van der Waals surface area contributed by atoms with Crippen molar-refractivity contribution in [3.63, 3.8) is 0 Å². The van der Waals surface area contributed by atoms with Crippen molar-refractivity contribution in [1.29, 1.82) is 0 Å². The minimum absolute atomic E-state index is 0.0719. The fourth-order valence-corrected chi connectivity index (χ4v) is 4.09. The lowest BCUT2D eigenvalue weighted by Crippen LogP contribution is -2.38. The number of benzene rings is 1. The molecule has 1 amide bonds. The van der Waals surface area contributed by atoms with Crippen molar-refractivity contribution in [3.05, 3.63) is 90.3 Å². The number of ether oxygens (including phenoxy) is 1. The standard InChI is InChI=1S/C26H23FN6O2/c1-17-13-24(35-23-8-3-2-5-20(23)27)32-25(30-17)18-9-11-33(12-10-18)26(34)22-7-4-6-21(31-22)19-14-28-16-29-15-19/h2-8,13-16,18H,9-12H2,1H3. The zero-order valence-corrected chi connectivity index (χ0v) is 19.1. The summed E-state index contributed by atoms with van der Waals surface area (Å²) in [4.78, 5) is 36.6. The van der Waals surface area contributed by atoms with E-state index < -0.39 is 5.82 Å². The number of halogens is 1. The van der Waals surface area contributed by atoms with E-state index in [2.05, 4.69) is 24.9 Å². The van der Waals surface area contributed by atoms with Gasteiger partial charge in [0.25, 0.3) is 5.91 Å². The van der Waals surface area contributed by atoms with Crippen LogP contribution in [0.3, 0.4) is 0 Å². The Bertz CT molecular complexity index is 1340. The fourth-order valence-electron chi connectivity index (χ4n) is 4.09. The van der Waals surface area contributed by atoms with Gasteiger partial charge >= 0.3 is 0 Å². The van der Waals surface area contributed by atoms with E-state index in [4.69, 9.17) is 4.74 Å². The Morgan fingerprint density at radius 3 is 2.54 bits per heavy atom. The van der Waals surface area contributed by atoms with Gasteiger partial charge in [-0.3, -0.25) is 4.79 Å². The van der Waals surface area contributed by atoms with Crippen molar-refractivity contribution >= 4 is 5.91 Å². The summed E-state index contributed by atoms with van der Waals surface area (Å²) in [6.45, 7) is 2.98. The molecule has 0 radical (unpaired) electrons. The highest BCUT2D eigenvalue weighted by molar-refractivity contribution is 5.93. The molecule has 176 valence electrons. The van der Waals surface area contributed by atoms with Crippen LogP contribution in [0.1, 0.15) is 40.8 Å². The van der Waals surface area contributed by atoms with E-state index in [1.165, 1.54) is 12.4 Å². The summed E-state index contributed by atoms with van der Waals surface area (Å²) in [7, 11) is 0. The van der Waals surface area contributed by atoms with Crippen LogP contribution >= 0.6 is 0 Å². The van der Waals surface area contributed by atoms with Gasteiger partial charge in [-0.05, 0) is 44.0 Å². The molecule has 4 aromatic rings. The number of carbonyl (C=O) groups is 1. The van der Waals surface area contributed by atoms with Gasteiger partial charge in [0.2, 0.25) is 5.88 Å². The summed E-state index contributed by atoms with van der Waals surface area (Å²) < 4.78 is 19.7. The Balaban J connectivity index is 1.26. The molecule has 1 saturated heterocycles. The number of amides is 1. The predicted molar refractivity (Wildman–Crippen MR) is 126 cm³/mol. The number of nitrogens with zero attached hydrogens (tertiary/aromatic N) is 6. The lowest BCUT2D eigenvalue weighted by molar-refractivity contribution is 0.0705. The number of hydrogen-bond acceptors (Lipinski definition) is 7. The Morgan fingerprint density at radius 2 is 1.77 bits per heavy atom. The highest BCUT2D eigenvalue weighted by Crippen LogP contribution is 2.30. The monoisotopic (exact) mass is 470 g/mol. The van der Waals surface area contributed by atoms with Crippen molar-refractivity contribution in [1.82, 2.24) is 29.8 Å². The summed E-state index contributed by atoms with van der Waals surface area (Å²) in [6.07, 6.45) is 6.21. The van der Waals surface area contributed by atoms with Crippen LogP contribution in [0.2, 0.25) is 0 Å². The second kappa shape index (κ2) is 9.92. The molecule has 0 saturated carbocycles. The van der Waals surface area contributed by atoms with E-state index in [0.29, 0.717) is 49.0 Å². The molecule has 0 spiro atoms. The molecule has 9 heteroatoms. The van der Waals surface area contributed by atoms with Gasteiger partial charge in [0, 0.05) is 48.7 Å². The summed E-state index contributed by atoms with van der Waals surface area (Å²) >= 11 is 0. The first-order valence-corrected chi connectivity index (χ1v) is 11.4. The molecular weight excluding hydrogens is 447 g/mol. The van der Waals surface area contributed by atoms with E-state index in [0.717, 1.165) is 11.3 Å². The molecule has 0 aliphatic carbocycles. The van der Waals surface area contributed by atoms with Gasteiger partial charge in [0.15, 0.2) is 11.6 Å². The fraction of sp³-hybridized carbons (Fsp3) is 0.231. The number of piperidine rings is 1. The third-order valence-corrected chi connectivity index (χ3v) is 5.87. The largest absolute Gasteiger partial charge is 0.436 e. The molecule has 0 unspecified atom stereocenters. The smallest absolute Gasteiger partial charge is 0.272 e. The number of aryl methyl sites for hydroxylation is 1. The van der Waals surface area contributed by atoms with Gasteiger partial charge in [-0.1, -0.05) is 18.2 Å². The molecule has 0 bridgehead atoms. The highest BCUT2D eigenvalue weighted by Gasteiger charge is 2.27. The number of hydrogen-bond donors (Lipinski definition) is 0. The molecule has 3 aromatic heterocycles. The second-order valence-corrected chi connectivity index (χ2v) is 8.34. The third-order valence-electron chi connectivity index (χ3n) is 5.87. The average Bonchev–Trinajstić information content (AvgIpc) is 2.90. The maximum Gasteiger partial charge on any atom is 0.272 e. The Hall–Kier alpha value is -4.27. The summed E-state index contributed by atoms with van der Waals surface area (Å²) in [5.74, 6) is 0.580. The molecule has 1 aliphatic heterocycles. The maximum absolute atomic E-state index is 14.0. The first-order valence-electron chi connectivity index (χ1n) is 11.4. The van der Waals surface area contributed by atoms with Crippen molar-refractivity contribution in [2.45, 2.75) is 25.7 Å².